The van der Waals surface area contributed by atoms with Crippen LogP contribution in [0.5, 0.6) is 0 Å². The Labute approximate surface area is 122 Å². The Hall–Kier alpha value is -1.28. The lowest BCUT2D eigenvalue weighted by atomic mass is 9.87. The van der Waals surface area contributed by atoms with E-state index in [4.69, 9.17) is 0 Å². The molecule has 0 saturated carbocycles. The topological polar surface area (TPSA) is 3.24 Å². The van der Waals surface area contributed by atoms with Crippen LogP contribution in [-0.2, 0) is 13.0 Å². The average molecular weight is 314 g/mol. The third-order valence-corrected chi connectivity index (χ3v) is 4.84. The Morgan fingerprint density at radius 2 is 1.84 bits per heavy atom. The maximum atomic E-state index is 3.66. The van der Waals surface area contributed by atoms with E-state index >= 15 is 0 Å². The zero-order valence-corrected chi connectivity index (χ0v) is 12.4. The smallest absolute Gasteiger partial charge is 0.0552 e. The van der Waals surface area contributed by atoms with Gasteiger partial charge in [0.05, 0.1) is 6.04 Å². The summed E-state index contributed by atoms with van der Waals surface area (Å²) in [5, 5.41) is 0. The Balaban J connectivity index is 1.83. The van der Waals surface area contributed by atoms with Crippen LogP contribution in [-0.4, -0.2) is 0 Å². The molecule has 96 valence electrons. The molecule has 1 nitrogen and oxygen atoms in total. The fourth-order valence-electron chi connectivity index (χ4n) is 3.63. The van der Waals surface area contributed by atoms with Crippen molar-refractivity contribution in [3.63, 3.8) is 0 Å². The number of nitrogens with zero attached hydrogens (tertiary/aromatic N) is 1. The van der Waals surface area contributed by atoms with Gasteiger partial charge >= 0.3 is 0 Å². The van der Waals surface area contributed by atoms with E-state index in [0.717, 1.165) is 6.54 Å². The molecule has 1 aliphatic heterocycles. The minimum absolute atomic E-state index is 0.592. The molecule has 1 heterocycles. The molecule has 0 N–H and O–H groups in total. The molecule has 2 heteroatoms. The first kappa shape index (κ1) is 11.5. The number of halogens is 1. The van der Waals surface area contributed by atoms with Crippen LogP contribution in [0, 0.1) is 0 Å². The maximum absolute atomic E-state index is 3.66. The average Bonchev–Trinajstić information content (AvgIpc) is 2.80. The minimum atomic E-state index is 0.592. The van der Waals surface area contributed by atoms with E-state index < -0.39 is 0 Å². The highest BCUT2D eigenvalue weighted by molar-refractivity contribution is 9.10. The molecular weight excluding hydrogens is 298 g/mol. The highest BCUT2D eigenvalue weighted by atomic mass is 79.9. The second-order valence-electron chi connectivity index (χ2n) is 5.51. The van der Waals surface area contributed by atoms with Gasteiger partial charge in [-0.3, -0.25) is 0 Å². The van der Waals surface area contributed by atoms with Gasteiger partial charge in [0.25, 0.3) is 0 Å². The van der Waals surface area contributed by atoms with Crippen LogP contribution in [0.25, 0.3) is 0 Å². The zero-order valence-electron chi connectivity index (χ0n) is 10.8. The molecule has 0 fully saturated rings. The summed E-state index contributed by atoms with van der Waals surface area (Å²) in [6, 6.07) is 16.0. The molecule has 0 aromatic heterocycles. The van der Waals surface area contributed by atoms with Crippen molar-refractivity contribution in [2.24, 2.45) is 0 Å². The number of anilines is 1. The summed E-state index contributed by atoms with van der Waals surface area (Å²) in [5.74, 6) is 0. The number of rotatable bonds is 1. The van der Waals surface area contributed by atoms with Gasteiger partial charge in [-0.1, -0.05) is 34.1 Å². The number of hydrogen-bond acceptors (Lipinski definition) is 1. The van der Waals surface area contributed by atoms with Gasteiger partial charge in [-0.25, -0.2) is 0 Å². The van der Waals surface area contributed by atoms with Crippen LogP contribution in [0.2, 0.25) is 0 Å². The lowest BCUT2D eigenvalue weighted by Gasteiger charge is -2.30. The van der Waals surface area contributed by atoms with Gasteiger partial charge in [0.2, 0.25) is 0 Å². The Morgan fingerprint density at radius 1 is 1.05 bits per heavy atom. The summed E-state index contributed by atoms with van der Waals surface area (Å²) < 4.78 is 1.23. The fraction of sp³-hybridized carbons (Fsp3) is 0.294. The van der Waals surface area contributed by atoms with E-state index in [2.05, 4.69) is 63.3 Å². The first-order valence-corrected chi connectivity index (χ1v) is 7.75. The normalized spacial score (nSPS) is 20.5. The van der Waals surface area contributed by atoms with Crippen molar-refractivity contribution in [3.8, 4) is 0 Å². The first-order chi connectivity index (χ1) is 9.33. The second kappa shape index (κ2) is 4.38. The van der Waals surface area contributed by atoms with Crippen molar-refractivity contribution in [2.45, 2.75) is 31.8 Å². The standard InChI is InChI=1S/C17H16BrN/c18-14-9-12-5-4-8-16-17(12)13(10-14)11-19(16)15-6-2-1-3-7-15/h1-3,6-7,9-10,16H,4-5,8,11H2. The van der Waals surface area contributed by atoms with E-state index in [1.54, 1.807) is 11.1 Å². The molecular formula is C17H16BrN. The van der Waals surface area contributed by atoms with Crippen molar-refractivity contribution in [1.29, 1.82) is 0 Å². The molecule has 1 unspecified atom stereocenters. The van der Waals surface area contributed by atoms with Gasteiger partial charge in [0, 0.05) is 16.7 Å². The van der Waals surface area contributed by atoms with Gasteiger partial charge < -0.3 is 4.90 Å². The molecule has 4 rings (SSSR count). The molecule has 0 saturated heterocycles. The molecule has 0 bridgehead atoms. The van der Waals surface area contributed by atoms with Gasteiger partial charge in [0.15, 0.2) is 0 Å². The van der Waals surface area contributed by atoms with Crippen LogP contribution in [0.4, 0.5) is 5.69 Å². The summed E-state index contributed by atoms with van der Waals surface area (Å²) in [6.07, 6.45) is 3.83. The predicted molar refractivity (Wildman–Crippen MR) is 82.4 cm³/mol. The lowest BCUT2D eigenvalue weighted by molar-refractivity contribution is 0.552. The summed E-state index contributed by atoms with van der Waals surface area (Å²) in [4.78, 5) is 2.57. The molecule has 0 amide bonds. The maximum Gasteiger partial charge on any atom is 0.0552 e. The molecule has 2 aromatic rings. The monoisotopic (exact) mass is 313 g/mol. The SMILES string of the molecule is Brc1cc2c3c(c1)CN(c1ccccc1)C3CCC2. The third kappa shape index (κ3) is 1.81. The number of hydrogen-bond donors (Lipinski definition) is 0. The third-order valence-electron chi connectivity index (χ3n) is 4.38. The van der Waals surface area contributed by atoms with Crippen LogP contribution < -0.4 is 4.90 Å². The summed E-state index contributed by atoms with van der Waals surface area (Å²) >= 11 is 3.66. The van der Waals surface area contributed by atoms with E-state index in [0.29, 0.717) is 6.04 Å². The van der Waals surface area contributed by atoms with Crippen molar-refractivity contribution in [3.05, 3.63) is 63.6 Å². The highest BCUT2D eigenvalue weighted by Gasteiger charge is 2.34. The molecule has 2 aliphatic rings. The van der Waals surface area contributed by atoms with Gasteiger partial charge in [-0.2, -0.15) is 0 Å². The predicted octanol–water partition coefficient (Wildman–Crippen LogP) is 4.85. The van der Waals surface area contributed by atoms with Crippen molar-refractivity contribution >= 4 is 21.6 Å². The summed E-state index contributed by atoms with van der Waals surface area (Å²) in [5.41, 5.74) is 6.03. The van der Waals surface area contributed by atoms with Gasteiger partial charge in [0.1, 0.15) is 0 Å². The van der Waals surface area contributed by atoms with Gasteiger partial charge in [-0.05, 0) is 60.2 Å². The Morgan fingerprint density at radius 3 is 2.68 bits per heavy atom. The largest absolute Gasteiger partial charge is 0.360 e. The molecule has 0 spiro atoms. The summed E-state index contributed by atoms with van der Waals surface area (Å²) in [6.45, 7) is 1.05. The van der Waals surface area contributed by atoms with E-state index in [9.17, 15) is 0 Å². The van der Waals surface area contributed by atoms with Crippen LogP contribution >= 0.6 is 15.9 Å². The van der Waals surface area contributed by atoms with E-state index in [1.165, 1.54) is 35.0 Å². The van der Waals surface area contributed by atoms with Crippen molar-refractivity contribution < 1.29 is 0 Å². The lowest BCUT2D eigenvalue weighted by Crippen LogP contribution is -2.23. The van der Waals surface area contributed by atoms with Crippen LogP contribution in [0.15, 0.2) is 46.9 Å². The van der Waals surface area contributed by atoms with E-state index in [-0.39, 0.29) is 0 Å². The zero-order chi connectivity index (χ0) is 12.8. The van der Waals surface area contributed by atoms with Gasteiger partial charge in [-0.15, -0.1) is 0 Å². The molecule has 1 aliphatic carbocycles. The Kier molecular flexibility index (Phi) is 2.66. The molecule has 0 radical (unpaired) electrons. The number of benzene rings is 2. The number of aryl methyl sites for hydroxylation is 1. The van der Waals surface area contributed by atoms with Crippen molar-refractivity contribution in [2.75, 3.05) is 4.90 Å². The highest BCUT2D eigenvalue weighted by Crippen LogP contribution is 2.45. The molecule has 1 atom stereocenters. The fourth-order valence-corrected chi connectivity index (χ4v) is 4.18. The minimum Gasteiger partial charge on any atom is -0.360 e. The number of para-hydroxylation sites is 1. The van der Waals surface area contributed by atoms with E-state index in [1.807, 2.05) is 0 Å². The van der Waals surface area contributed by atoms with Crippen LogP contribution in [0.3, 0.4) is 0 Å². The van der Waals surface area contributed by atoms with Crippen molar-refractivity contribution in [1.82, 2.24) is 0 Å². The van der Waals surface area contributed by atoms with Crippen LogP contribution in [0.1, 0.15) is 35.6 Å². The quantitative estimate of drug-likeness (QED) is 0.727. The Bertz CT molecular complexity index is 621. The second-order valence-corrected chi connectivity index (χ2v) is 6.42. The molecule has 2 aromatic carbocycles. The first-order valence-electron chi connectivity index (χ1n) is 6.96. The molecule has 19 heavy (non-hydrogen) atoms. The summed E-state index contributed by atoms with van der Waals surface area (Å²) in [7, 11) is 0.